The number of Topliss-reactive ketones (excluding diaryl/α,β-unsaturated/α-hetero) is 1. The smallest absolute Gasteiger partial charge is 0.296 e. The Kier molecular flexibility index (Phi) is 3.67. The highest BCUT2D eigenvalue weighted by atomic mass is 16.3. The maximum atomic E-state index is 12.4. The lowest BCUT2D eigenvalue weighted by molar-refractivity contribution is -0.112. The van der Waals surface area contributed by atoms with Crippen LogP contribution in [0.3, 0.4) is 0 Å². The molecule has 0 spiro atoms. The molecule has 2 aromatic heterocycles. The number of aromatic nitrogens is 1. The van der Waals surface area contributed by atoms with Gasteiger partial charge in [0, 0.05) is 28.4 Å². The predicted molar refractivity (Wildman–Crippen MR) is 95.4 cm³/mol. The van der Waals surface area contributed by atoms with E-state index in [2.05, 4.69) is 10.3 Å². The molecule has 4 aromatic rings. The number of para-hydroxylation sites is 1. The van der Waals surface area contributed by atoms with Gasteiger partial charge in [0.05, 0.1) is 11.8 Å². The number of hydrogen-bond donors (Lipinski definition) is 2. The van der Waals surface area contributed by atoms with Gasteiger partial charge in [-0.05, 0) is 42.5 Å². The van der Waals surface area contributed by atoms with Gasteiger partial charge in [0.2, 0.25) is 0 Å². The molecule has 0 atom stereocenters. The number of furan rings is 1. The van der Waals surface area contributed by atoms with Crippen molar-refractivity contribution in [2.75, 3.05) is 5.32 Å². The number of ketones is 1. The molecule has 0 aliphatic rings. The molecule has 2 N–H and O–H groups in total. The second-order valence-electron chi connectivity index (χ2n) is 5.59. The predicted octanol–water partition coefficient (Wildman–Crippen LogP) is 4.25. The number of anilines is 1. The van der Waals surface area contributed by atoms with Gasteiger partial charge in [-0.3, -0.25) is 9.59 Å². The van der Waals surface area contributed by atoms with Crippen LogP contribution in [0.4, 0.5) is 5.69 Å². The van der Waals surface area contributed by atoms with Gasteiger partial charge in [0.1, 0.15) is 5.76 Å². The second kappa shape index (κ2) is 6.13. The lowest BCUT2D eigenvalue weighted by atomic mass is 10.1. The molecule has 0 aliphatic heterocycles. The fraction of sp³-hybridized carbons (Fsp3) is 0. The van der Waals surface area contributed by atoms with E-state index in [1.54, 1.807) is 24.6 Å². The number of carbonyl (C=O) groups is 2. The molecule has 25 heavy (non-hydrogen) atoms. The summed E-state index contributed by atoms with van der Waals surface area (Å²) in [6.07, 6.45) is 3.16. The van der Waals surface area contributed by atoms with E-state index in [1.165, 1.54) is 0 Å². The standard InChI is InChI=1S/C20H14N2O3/c23-19(16-12-21-17-5-2-1-4-15(16)17)20(24)22-14-9-7-13(8-10-14)18-6-3-11-25-18/h1-12,21H,(H,22,24). The van der Waals surface area contributed by atoms with E-state index in [4.69, 9.17) is 4.42 Å². The van der Waals surface area contributed by atoms with E-state index in [1.807, 2.05) is 48.5 Å². The molecule has 2 aromatic carbocycles. The molecule has 0 saturated carbocycles. The molecule has 0 bridgehead atoms. The van der Waals surface area contributed by atoms with Gasteiger partial charge in [0.25, 0.3) is 11.7 Å². The van der Waals surface area contributed by atoms with Crippen molar-refractivity contribution in [3.8, 4) is 11.3 Å². The number of aromatic amines is 1. The maximum absolute atomic E-state index is 12.4. The van der Waals surface area contributed by atoms with Crippen LogP contribution in [0.15, 0.2) is 77.5 Å². The van der Waals surface area contributed by atoms with Crippen LogP contribution in [-0.4, -0.2) is 16.7 Å². The van der Waals surface area contributed by atoms with Crippen LogP contribution in [-0.2, 0) is 4.79 Å². The Morgan fingerprint density at radius 3 is 2.48 bits per heavy atom. The summed E-state index contributed by atoms with van der Waals surface area (Å²) in [5.74, 6) is -0.504. The Balaban J connectivity index is 1.52. The van der Waals surface area contributed by atoms with E-state index in [-0.39, 0.29) is 0 Å². The van der Waals surface area contributed by atoms with Crippen molar-refractivity contribution in [3.63, 3.8) is 0 Å². The quantitative estimate of drug-likeness (QED) is 0.434. The largest absolute Gasteiger partial charge is 0.464 e. The monoisotopic (exact) mass is 330 g/mol. The molecule has 5 nitrogen and oxygen atoms in total. The van der Waals surface area contributed by atoms with Gasteiger partial charge < -0.3 is 14.7 Å². The van der Waals surface area contributed by atoms with Crippen LogP contribution in [0.1, 0.15) is 10.4 Å². The Hall–Kier alpha value is -3.60. The van der Waals surface area contributed by atoms with Crippen molar-refractivity contribution >= 4 is 28.3 Å². The number of fused-ring (bicyclic) bond motifs is 1. The first-order chi connectivity index (χ1) is 12.2. The number of hydrogen-bond acceptors (Lipinski definition) is 3. The zero-order valence-corrected chi connectivity index (χ0v) is 13.2. The van der Waals surface area contributed by atoms with Crippen LogP contribution in [0.5, 0.6) is 0 Å². The molecule has 4 rings (SSSR count). The van der Waals surface area contributed by atoms with Crippen LogP contribution in [0.25, 0.3) is 22.2 Å². The lowest BCUT2D eigenvalue weighted by Gasteiger charge is -2.05. The molecular weight excluding hydrogens is 316 g/mol. The molecule has 0 aliphatic carbocycles. The Bertz CT molecular complexity index is 1040. The third kappa shape index (κ3) is 2.83. The third-order valence-electron chi connectivity index (χ3n) is 3.99. The first-order valence-electron chi connectivity index (χ1n) is 7.78. The zero-order valence-electron chi connectivity index (χ0n) is 13.2. The molecule has 5 heteroatoms. The van der Waals surface area contributed by atoms with Gasteiger partial charge in [-0.15, -0.1) is 0 Å². The molecule has 1 amide bonds. The van der Waals surface area contributed by atoms with Crippen molar-refractivity contribution in [1.82, 2.24) is 4.98 Å². The van der Waals surface area contributed by atoms with E-state index < -0.39 is 11.7 Å². The summed E-state index contributed by atoms with van der Waals surface area (Å²) in [5, 5.41) is 3.37. The van der Waals surface area contributed by atoms with E-state index in [9.17, 15) is 9.59 Å². The molecule has 0 radical (unpaired) electrons. The van der Waals surface area contributed by atoms with Gasteiger partial charge in [-0.25, -0.2) is 0 Å². The third-order valence-corrected chi connectivity index (χ3v) is 3.99. The minimum atomic E-state index is -0.671. The lowest BCUT2D eigenvalue weighted by Crippen LogP contribution is -2.22. The Morgan fingerprint density at radius 2 is 1.72 bits per heavy atom. The molecule has 122 valence electrons. The van der Waals surface area contributed by atoms with Crippen molar-refractivity contribution in [2.45, 2.75) is 0 Å². The highest BCUT2D eigenvalue weighted by Gasteiger charge is 2.19. The van der Waals surface area contributed by atoms with Gasteiger partial charge in [-0.1, -0.05) is 18.2 Å². The Morgan fingerprint density at radius 1 is 0.920 bits per heavy atom. The van der Waals surface area contributed by atoms with E-state index >= 15 is 0 Å². The minimum absolute atomic E-state index is 0.361. The molecular formula is C20H14N2O3. The summed E-state index contributed by atoms with van der Waals surface area (Å²) in [6.45, 7) is 0. The van der Waals surface area contributed by atoms with Crippen molar-refractivity contribution in [2.24, 2.45) is 0 Å². The summed E-state index contributed by atoms with van der Waals surface area (Å²) in [5.41, 5.74) is 2.63. The number of nitrogens with one attached hydrogen (secondary N) is 2. The summed E-state index contributed by atoms with van der Waals surface area (Å²) < 4.78 is 5.32. The highest BCUT2D eigenvalue weighted by Crippen LogP contribution is 2.22. The SMILES string of the molecule is O=C(Nc1ccc(-c2ccco2)cc1)C(=O)c1c[nH]c2ccccc12. The molecule has 0 fully saturated rings. The topological polar surface area (TPSA) is 75.1 Å². The van der Waals surface area contributed by atoms with Crippen molar-refractivity contribution in [1.29, 1.82) is 0 Å². The van der Waals surface area contributed by atoms with E-state index in [0.29, 0.717) is 11.3 Å². The molecule has 0 saturated heterocycles. The normalized spacial score (nSPS) is 10.7. The zero-order chi connectivity index (χ0) is 17.2. The van der Waals surface area contributed by atoms with Crippen molar-refractivity contribution < 1.29 is 14.0 Å². The first-order valence-corrected chi connectivity index (χ1v) is 7.78. The van der Waals surface area contributed by atoms with Crippen LogP contribution in [0.2, 0.25) is 0 Å². The number of benzene rings is 2. The van der Waals surface area contributed by atoms with Crippen molar-refractivity contribution in [3.05, 3.63) is 78.7 Å². The second-order valence-corrected chi connectivity index (χ2v) is 5.59. The number of H-pyrrole nitrogens is 1. The first kappa shape index (κ1) is 15.0. The van der Waals surface area contributed by atoms with Gasteiger partial charge in [0.15, 0.2) is 0 Å². The average molecular weight is 330 g/mol. The minimum Gasteiger partial charge on any atom is -0.464 e. The van der Waals surface area contributed by atoms with Crippen LogP contribution in [0, 0.1) is 0 Å². The number of rotatable bonds is 4. The van der Waals surface area contributed by atoms with E-state index in [0.717, 1.165) is 22.2 Å². The maximum Gasteiger partial charge on any atom is 0.296 e. The fourth-order valence-corrected chi connectivity index (χ4v) is 2.73. The Labute approximate surface area is 143 Å². The molecule has 2 heterocycles. The summed E-state index contributed by atoms with van der Waals surface area (Å²) in [6, 6.07) is 18.2. The highest BCUT2D eigenvalue weighted by molar-refractivity contribution is 6.48. The summed E-state index contributed by atoms with van der Waals surface area (Å²) in [7, 11) is 0. The average Bonchev–Trinajstić information content (AvgIpc) is 3.31. The van der Waals surface area contributed by atoms with Gasteiger partial charge >= 0.3 is 0 Å². The van der Waals surface area contributed by atoms with Crippen LogP contribution < -0.4 is 5.32 Å². The fourth-order valence-electron chi connectivity index (χ4n) is 2.73. The van der Waals surface area contributed by atoms with Crippen LogP contribution >= 0.6 is 0 Å². The summed E-state index contributed by atoms with van der Waals surface area (Å²) >= 11 is 0. The molecule has 0 unspecified atom stereocenters. The number of amides is 1. The summed E-state index contributed by atoms with van der Waals surface area (Å²) in [4.78, 5) is 27.7. The number of carbonyl (C=O) groups excluding carboxylic acids is 2. The van der Waals surface area contributed by atoms with Gasteiger partial charge in [-0.2, -0.15) is 0 Å².